The fourth-order valence-electron chi connectivity index (χ4n) is 4.42. The summed E-state index contributed by atoms with van der Waals surface area (Å²) in [5.74, 6) is -1.74. The highest BCUT2D eigenvalue weighted by atomic mass is 32.2. The number of carbonyl (C=O) groups is 1. The predicted molar refractivity (Wildman–Crippen MR) is 140 cm³/mol. The first-order chi connectivity index (χ1) is 16.8. The first-order valence-corrected chi connectivity index (χ1v) is 13.6. The van der Waals surface area contributed by atoms with Crippen molar-refractivity contribution >= 4 is 21.6 Å². The monoisotopic (exact) mass is 515 g/mol. The lowest BCUT2D eigenvalue weighted by Crippen LogP contribution is -2.52. The van der Waals surface area contributed by atoms with Gasteiger partial charge in [-0.3, -0.25) is 9.52 Å². The van der Waals surface area contributed by atoms with Gasteiger partial charge in [0, 0.05) is 6.04 Å². The van der Waals surface area contributed by atoms with E-state index in [-0.39, 0.29) is 17.1 Å². The molecule has 0 saturated carbocycles. The molecule has 3 atom stereocenters. The number of ether oxygens (including phenoxy) is 1. The molecule has 1 aliphatic rings. The van der Waals surface area contributed by atoms with E-state index in [2.05, 4.69) is 25.5 Å². The minimum Gasteiger partial charge on any atom is -0.474 e. The summed E-state index contributed by atoms with van der Waals surface area (Å²) in [6.45, 7) is 8.46. The van der Waals surface area contributed by atoms with Gasteiger partial charge in [-0.05, 0) is 41.7 Å². The van der Waals surface area contributed by atoms with Crippen molar-refractivity contribution < 1.29 is 22.3 Å². The first-order valence-electron chi connectivity index (χ1n) is 11.7. The Balaban J connectivity index is 1.98. The highest BCUT2D eigenvalue weighted by Crippen LogP contribution is 2.37. The Hall–Kier alpha value is -3.33. The predicted octanol–water partition coefficient (Wildman–Crippen LogP) is 4.50. The highest BCUT2D eigenvalue weighted by molar-refractivity contribution is 7.92. The number of sulfonamides is 1. The number of nitrogens with one attached hydrogen (secondary N) is 1. The van der Waals surface area contributed by atoms with E-state index in [0.29, 0.717) is 18.1 Å². The number of allylic oxidation sites excluding steroid dienone is 2. The molecule has 7 nitrogen and oxygen atoms in total. The molecule has 0 radical (unpaired) electrons. The van der Waals surface area contributed by atoms with Gasteiger partial charge >= 0.3 is 0 Å². The van der Waals surface area contributed by atoms with Crippen molar-refractivity contribution in [3.05, 3.63) is 89.6 Å². The van der Waals surface area contributed by atoms with Crippen LogP contribution in [-0.2, 0) is 26.2 Å². The van der Waals surface area contributed by atoms with Gasteiger partial charge in [-0.2, -0.15) is 0 Å². The fourth-order valence-corrected chi connectivity index (χ4v) is 4.99. The van der Waals surface area contributed by atoms with Crippen molar-refractivity contribution in [3.63, 3.8) is 0 Å². The van der Waals surface area contributed by atoms with E-state index >= 15 is 0 Å². The van der Waals surface area contributed by atoms with Gasteiger partial charge in [0.1, 0.15) is 12.4 Å². The number of carbonyl (C=O) groups excluding carboxylic acids is 1. The zero-order valence-corrected chi connectivity index (χ0v) is 22.1. The standard InChI is InChI=1S/C27H34FN3O4S/c1-18(25(26(29)32)20-14-15-22(21(28)16-20)30-36(5,33)34)31-23(27(2,3)4)12-9-13-24(31)35-17-19-10-7-6-8-11-19/h6-16,18,23,25,30H,17H2,1-5H3,(H2,29,32). The summed E-state index contributed by atoms with van der Waals surface area (Å²) < 4.78 is 46.3. The molecule has 194 valence electrons. The summed E-state index contributed by atoms with van der Waals surface area (Å²) in [5, 5.41) is 0. The Morgan fingerprint density at radius 2 is 1.86 bits per heavy atom. The van der Waals surface area contributed by atoms with E-state index in [1.165, 1.54) is 12.1 Å². The van der Waals surface area contributed by atoms with Crippen LogP contribution in [0.2, 0.25) is 0 Å². The van der Waals surface area contributed by atoms with Crippen molar-refractivity contribution in [1.29, 1.82) is 0 Å². The summed E-state index contributed by atoms with van der Waals surface area (Å²) in [6, 6.07) is 13.1. The van der Waals surface area contributed by atoms with Crippen LogP contribution >= 0.6 is 0 Å². The number of primary amides is 1. The number of anilines is 1. The Morgan fingerprint density at radius 3 is 2.42 bits per heavy atom. The Labute approximate surface area is 212 Å². The van der Waals surface area contributed by atoms with Gasteiger partial charge in [-0.15, -0.1) is 0 Å². The van der Waals surface area contributed by atoms with Crippen molar-refractivity contribution in [3.8, 4) is 0 Å². The van der Waals surface area contributed by atoms with Gasteiger partial charge in [0.05, 0.1) is 23.9 Å². The topological polar surface area (TPSA) is 102 Å². The third-order valence-electron chi connectivity index (χ3n) is 6.08. The van der Waals surface area contributed by atoms with E-state index in [1.54, 1.807) is 0 Å². The third-order valence-corrected chi connectivity index (χ3v) is 6.67. The minimum absolute atomic E-state index is 0.138. The lowest BCUT2D eigenvalue weighted by atomic mass is 9.81. The van der Waals surface area contributed by atoms with Gasteiger partial charge in [-0.1, -0.05) is 69.3 Å². The number of nitrogens with zero attached hydrogens (tertiary/aromatic N) is 1. The van der Waals surface area contributed by atoms with Crippen LogP contribution < -0.4 is 10.5 Å². The summed E-state index contributed by atoms with van der Waals surface area (Å²) in [5.41, 5.74) is 6.77. The Kier molecular flexibility index (Phi) is 8.13. The normalized spacial score (nSPS) is 17.8. The van der Waals surface area contributed by atoms with Crippen LogP contribution in [0.4, 0.5) is 10.1 Å². The van der Waals surface area contributed by atoms with E-state index in [4.69, 9.17) is 10.5 Å². The first kappa shape index (κ1) is 27.3. The quantitative estimate of drug-likeness (QED) is 0.512. The zero-order valence-electron chi connectivity index (χ0n) is 21.2. The number of rotatable bonds is 9. The molecule has 0 spiro atoms. The number of hydrogen-bond acceptors (Lipinski definition) is 5. The second-order valence-electron chi connectivity index (χ2n) is 10.1. The summed E-state index contributed by atoms with van der Waals surface area (Å²) in [6.07, 6.45) is 6.77. The van der Waals surface area contributed by atoms with Crippen molar-refractivity contribution in [2.45, 2.75) is 52.3 Å². The van der Waals surface area contributed by atoms with Gasteiger partial charge in [-0.25, -0.2) is 12.8 Å². The molecular weight excluding hydrogens is 481 g/mol. The molecular formula is C27H34FN3O4S. The van der Waals surface area contributed by atoms with E-state index in [0.717, 1.165) is 17.9 Å². The maximum Gasteiger partial charge on any atom is 0.229 e. The lowest BCUT2D eigenvalue weighted by molar-refractivity contribution is -0.121. The molecule has 36 heavy (non-hydrogen) atoms. The van der Waals surface area contributed by atoms with Crippen molar-refractivity contribution in [2.75, 3.05) is 11.0 Å². The SMILES string of the molecule is CC(C(C(N)=O)c1ccc(NS(C)(=O)=O)c(F)c1)N1C(OCc2ccccc2)=CC=CC1C(C)(C)C. The molecule has 0 fully saturated rings. The molecule has 1 aliphatic heterocycles. The van der Waals surface area contributed by atoms with E-state index < -0.39 is 33.7 Å². The molecule has 3 rings (SSSR count). The van der Waals surface area contributed by atoms with Crippen molar-refractivity contribution in [1.82, 2.24) is 4.90 Å². The third kappa shape index (κ3) is 6.66. The molecule has 3 unspecified atom stereocenters. The van der Waals surface area contributed by atoms with Crippen LogP contribution in [0.1, 0.15) is 44.7 Å². The molecule has 2 aromatic rings. The molecule has 2 aromatic carbocycles. The van der Waals surface area contributed by atoms with E-state index in [1.807, 2.05) is 60.4 Å². The minimum atomic E-state index is -3.66. The van der Waals surface area contributed by atoms with Gasteiger partial charge in [0.25, 0.3) is 0 Å². The summed E-state index contributed by atoms with van der Waals surface area (Å²) >= 11 is 0. The van der Waals surface area contributed by atoms with E-state index in [9.17, 15) is 17.6 Å². The molecule has 0 aromatic heterocycles. The smallest absolute Gasteiger partial charge is 0.229 e. The van der Waals surface area contributed by atoms with Crippen LogP contribution in [0, 0.1) is 11.2 Å². The maximum absolute atomic E-state index is 14.8. The van der Waals surface area contributed by atoms with Gasteiger partial charge in [0.15, 0.2) is 5.88 Å². The van der Waals surface area contributed by atoms with Gasteiger partial charge < -0.3 is 15.4 Å². The number of hydrogen-bond donors (Lipinski definition) is 2. The average Bonchev–Trinajstić information content (AvgIpc) is 2.78. The summed E-state index contributed by atoms with van der Waals surface area (Å²) in [7, 11) is -3.66. The Bertz CT molecular complexity index is 1250. The highest BCUT2D eigenvalue weighted by Gasteiger charge is 2.40. The van der Waals surface area contributed by atoms with Crippen LogP contribution in [0.5, 0.6) is 0 Å². The van der Waals surface area contributed by atoms with Crippen LogP contribution in [0.3, 0.4) is 0 Å². The fraction of sp³-hybridized carbons (Fsp3) is 0.370. The summed E-state index contributed by atoms with van der Waals surface area (Å²) in [4.78, 5) is 14.7. The van der Waals surface area contributed by atoms with Gasteiger partial charge in [0.2, 0.25) is 15.9 Å². The number of amides is 1. The average molecular weight is 516 g/mol. The number of halogens is 1. The van der Waals surface area contributed by atoms with Crippen LogP contribution in [-0.4, -0.2) is 37.6 Å². The molecule has 0 bridgehead atoms. The molecule has 0 aliphatic carbocycles. The van der Waals surface area contributed by atoms with Crippen molar-refractivity contribution in [2.24, 2.45) is 11.1 Å². The second-order valence-corrected chi connectivity index (χ2v) is 11.9. The zero-order chi connectivity index (χ0) is 26.7. The number of nitrogens with two attached hydrogens (primary N) is 1. The molecule has 3 N–H and O–H groups in total. The molecule has 9 heteroatoms. The second kappa shape index (κ2) is 10.7. The maximum atomic E-state index is 14.8. The lowest BCUT2D eigenvalue weighted by Gasteiger charge is -2.47. The molecule has 0 saturated heterocycles. The largest absolute Gasteiger partial charge is 0.474 e. The van der Waals surface area contributed by atoms with Crippen LogP contribution in [0.15, 0.2) is 72.6 Å². The Morgan fingerprint density at radius 1 is 1.19 bits per heavy atom. The number of benzene rings is 2. The van der Waals surface area contributed by atoms with Crippen LogP contribution in [0.25, 0.3) is 0 Å². The molecule has 1 heterocycles. The molecule has 1 amide bonds.